The molecule has 0 spiro atoms. The molecule has 20 heteroatoms. The molecule has 6 N–H and O–H groups in total. The van der Waals surface area contributed by atoms with E-state index in [0.717, 1.165) is 10.8 Å². The summed E-state index contributed by atoms with van der Waals surface area (Å²) in [6.07, 6.45) is -1.87. The van der Waals surface area contributed by atoms with Gasteiger partial charge in [0, 0.05) is 18.2 Å². The topological polar surface area (TPSA) is 261 Å². The standard InChI is InChI=1S/C11H17N2O15P3/c1-5-3-13(11(17)12-9(5)14)8-2-6(10(15)16)7(26-8)4-25-30(21,22)28-31(23,24)27-29(18,19)20/h3,6-8H,2,4H2,1H3,(H,15,16)(H,21,22)(H,23,24)(H,12,14,17)(H2,18,19,20)/t6-,7+,8+/m0/s1. The number of aromatic amines is 1. The molecular weight excluding hydrogens is 493 g/mol. The maximum atomic E-state index is 12.0. The van der Waals surface area contributed by atoms with Crippen LogP contribution in [-0.4, -0.2) is 52.9 Å². The number of ether oxygens (including phenoxy) is 1. The molecule has 1 saturated heterocycles. The number of carboxylic acids is 1. The van der Waals surface area contributed by atoms with Crippen LogP contribution in [0.3, 0.4) is 0 Å². The van der Waals surface area contributed by atoms with Gasteiger partial charge in [-0.05, 0) is 6.92 Å². The molecule has 5 atom stereocenters. The number of aliphatic carboxylic acids is 1. The first-order valence-electron chi connectivity index (χ1n) is 7.98. The molecule has 1 aromatic heterocycles. The molecule has 0 aromatic carbocycles. The summed E-state index contributed by atoms with van der Waals surface area (Å²) >= 11 is 0. The highest BCUT2D eigenvalue weighted by atomic mass is 31.3. The molecule has 0 bridgehead atoms. The zero-order valence-corrected chi connectivity index (χ0v) is 18.0. The van der Waals surface area contributed by atoms with Crippen LogP contribution in [0.4, 0.5) is 0 Å². The van der Waals surface area contributed by atoms with Crippen LogP contribution in [0.25, 0.3) is 0 Å². The van der Waals surface area contributed by atoms with Gasteiger partial charge in [0.15, 0.2) is 0 Å². The lowest BCUT2D eigenvalue weighted by Crippen LogP contribution is -2.33. The molecule has 2 unspecified atom stereocenters. The highest BCUT2D eigenvalue weighted by molar-refractivity contribution is 7.66. The van der Waals surface area contributed by atoms with Gasteiger partial charge in [0.1, 0.15) is 6.23 Å². The van der Waals surface area contributed by atoms with Gasteiger partial charge in [-0.2, -0.15) is 8.62 Å². The van der Waals surface area contributed by atoms with E-state index < -0.39 is 65.5 Å². The zero-order valence-electron chi connectivity index (χ0n) is 15.3. The fourth-order valence-electron chi connectivity index (χ4n) is 2.59. The lowest BCUT2D eigenvalue weighted by atomic mass is 10.0. The second-order valence-electron chi connectivity index (χ2n) is 6.18. The van der Waals surface area contributed by atoms with Crippen LogP contribution in [-0.2, 0) is 36.4 Å². The molecule has 1 fully saturated rings. The van der Waals surface area contributed by atoms with Crippen LogP contribution in [0.2, 0.25) is 0 Å². The Morgan fingerprint density at radius 3 is 2.35 bits per heavy atom. The number of rotatable bonds is 9. The van der Waals surface area contributed by atoms with E-state index in [0.29, 0.717) is 0 Å². The van der Waals surface area contributed by atoms with Crippen molar-refractivity contribution in [2.45, 2.75) is 25.7 Å². The fourth-order valence-corrected chi connectivity index (χ4v) is 5.62. The first kappa shape index (κ1) is 25.8. The van der Waals surface area contributed by atoms with E-state index in [-0.39, 0.29) is 12.0 Å². The summed E-state index contributed by atoms with van der Waals surface area (Å²) in [5.41, 5.74) is -1.46. The molecule has 0 amide bonds. The Bertz CT molecular complexity index is 1100. The third-order valence-corrected chi connectivity index (χ3v) is 7.63. The van der Waals surface area contributed by atoms with Crippen LogP contribution in [0.1, 0.15) is 18.2 Å². The van der Waals surface area contributed by atoms with E-state index >= 15 is 0 Å². The van der Waals surface area contributed by atoms with Crippen LogP contribution in [0.5, 0.6) is 0 Å². The Balaban J connectivity index is 2.14. The number of carboxylic acid groups (broad SMARTS) is 1. The Labute approximate surface area is 171 Å². The minimum atomic E-state index is -5.75. The molecule has 176 valence electrons. The quantitative estimate of drug-likeness (QED) is 0.222. The molecule has 2 heterocycles. The average Bonchev–Trinajstić information content (AvgIpc) is 2.97. The maximum absolute atomic E-state index is 12.0. The molecule has 0 saturated carbocycles. The van der Waals surface area contributed by atoms with Crippen molar-refractivity contribution in [2.75, 3.05) is 6.61 Å². The number of aryl methyl sites for hydroxylation is 1. The molecule has 1 aliphatic rings. The van der Waals surface area contributed by atoms with Gasteiger partial charge in [-0.15, -0.1) is 0 Å². The normalized spacial score (nSPS) is 25.6. The molecule has 17 nitrogen and oxygen atoms in total. The number of hydrogen-bond donors (Lipinski definition) is 6. The lowest BCUT2D eigenvalue weighted by molar-refractivity contribution is -0.144. The van der Waals surface area contributed by atoms with Crippen molar-refractivity contribution in [1.29, 1.82) is 0 Å². The smallest absolute Gasteiger partial charge is 0.481 e. The summed E-state index contributed by atoms with van der Waals surface area (Å²) in [6.45, 7) is 0.374. The van der Waals surface area contributed by atoms with Crippen LogP contribution >= 0.6 is 23.5 Å². The van der Waals surface area contributed by atoms with Gasteiger partial charge in [0.05, 0.1) is 18.6 Å². The van der Waals surface area contributed by atoms with E-state index in [1.807, 2.05) is 4.98 Å². The van der Waals surface area contributed by atoms with E-state index in [1.54, 1.807) is 0 Å². The largest absolute Gasteiger partial charge is 0.490 e. The molecule has 0 radical (unpaired) electrons. The van der Waals surface area contributed by atoms with Gasteiger partial charge < -0.3 is 29.4 Å². The van der Waals surface area contributed by atoms with Crippen molar-refractivity contribution in [3.63, 3.8) is 0 Å². The molecule has 0 aliphatic carbocycles. The summed E-state index contributed by atoms with van der Waals surface area (Å²) in [7, 11) is -16.8. The van der Waals surface area contributed by atoms with Gasteiger partial charge in [-0.1, -0.05) is 0 Å². The fraction of sp³-hybridized carbons (Fsp3) is 0.545. The Kier molecular flexibility index (Phi) is 7.63. The van der Waals surface area contributed by atoms with Crippen LogP contribution < -0.4 is 11.2 Å². The van der Waals surface area contributed by atoms with Gasteiger partial charge in [-0.25, -0.2) is 18.5 Å². The first-order valence-corrected chi connectivity index (χ1v) is 12.5. The predicted molar refractivity (Wildman–Crippen MR) is 95.5 cm³/mol. The summed E-state index contributed by atoms with van der Waals surface area (Å²) in [4.78, 5) is 72.4. The lowest BCUT2D eigenvalue weighted by Gasteiger charge is -2.20. The molecular formula is C11H17N2O15P3. The first-order chi connectivity index (χ1) is 14.0. The molecule has 1 aromatic rings. The minimum absolute atomic E-state index is 0.117. The number of aromatic nitrogens is 2. The summed E-state index contributed by atoms with van der Waals surface area (Å²) in [5.74, 6) is -2.81. The third kappa shape index (κ3) is 7.27. The van der Waals surface area contributed by atoms with Gasteiger partial charge in [0.2, 0.25) is 0 Å². The Morgan fingerprint density at radius 1 is 1.19 bits per heavy atom. The summed E-state index contributed by atoms with van der Waals surface area (Å²) in [5, 5.41) is 9.33. The van der Waals surface area contributed by atoms with Crippen molar-refractivity contribution >= 4 is 29.4 Å². The number of hydrogen-bond acceptors (Lipinski definition) is 10. The SMILES string of the molecule is Cc1cn([C@H]2C[C@H](C(=O)O)[C@@H](COP(=O)(O)OP(=O)(O)OP(=O)(O)O)O2)c(=O)[nH]c1=O. The number of nitrogens with zero attached hydrogens (tertiary/aromatic N) is 1. The van der Waals surface area contributed by atoms with Gasteiger partial charge in [0.25, 0.3) is 5.56 Å². The second-order valence-corrected chi connectivity index (χ2v) is 10.6. The number of nitrogens with one attached hydrogen (secondary N) is 1. The maximum Gasteiger partial charge on any atom is 0.490 e. The van der Waals surface area contributed by atoms with Crippen molar-refractivity contribution in [3.05, 3.63) is 32.6 Å². The third-order valence-electron chi connectivity index (χ3n) is 3.83. The number of phosphoric ester groups is 1. The van der Waals surface area contributed by atoms with E-state index in [9.17, 15) is 38.1 Å². The average molecular weight is 510 g/mol. The van der Waals surface area contributed by atoms with Crippen LogP contribution in [0, 0.1) is 12.8 Å². The monoisotopic (exact) mass is 510 g/mol. The molecule has 2 rings (SSSR count). The van der Waals surface area contributed by atoms with Gasteiger partial charge in [-0.3, -0.25) is 23.7 Å². The predicted octanol–water partition coefficient (Wildman–Crippen LogP) is -0.823. The zero-order chi connectivity index (χ0) is 23.8. The van der Waals surface area contributed by atoms with Crippen molar-refractivity contribution in [1.82, 2.24) is 9.55 Å². The molecule has 1 aliphatic heterocycles. The Hall–Kier alpha value is -1.48. The van der Waals surface area contributed by atoms with Crippen LogP contribution in [0.15, 0.2) is 15.8 Å². The minimum Gasteiger partial charge on any atom is -0.481 e. The van der Waals surface area contributed by atoms with Gasteiger partial charge >= 0.3 is 35.1 Å². The number of carbonyl (C=O) groups is 1. The molecule has 31 heavy (non-hydrogen) atoms. The number of H-pyrrole nitrogens is 1. The van der Waals surface area contributed by atoms with Crippen molar-refractivity contribution < 1.29 is 61.1 Å². The van der Waals surface area contributed by atoms with Crippen molar-refractivity contribution in [2.24, 2.45) is 5.92 Å². The number of phosphoric acid groups is 3. The van der Waals surface area contributed by atoms with Crippen molar-refractivity contribution in [3.8, 4) is 0 Å². The highest BCUT2D eigenvalue weighted by Gasteiger charge is 2.45. The Morgan fingerprint density at radius 2 is 1.81 bits per heavy atom. The summed E-state index contributed by atoms with van der Waals surface area (Å²) in [6, 6.07) is 0. The van der Waals surface area contributed by atoms with E-state index in [2.05, 4.69) is 13.1 Å². The van der Waals surface area contributed by atoms with E-state index in [4.69, 9.17) is 19.4 Å². The highest BCUT2D eigenvalue weighted by Crippen LogP contribution is 2.66. The van der Waals surface area contributed by atoms with E-state index in [1.165, 1.54) is 6.92 Å². The second kappa shape index (κ2) is 9.17. The summed E-state index contributed by atoms with van der Waals surface area (Å²) < 4.78 is 51.4.